The van der Waals surface area contributed by atoms with Crippen LogP contribution >= 0.6 is 0 Å². The molecule has 2 fully saturated rings. The maximum absolute atomic E-state index is 11.5. The molecule has 3 rings (SSSR count). The Morgan fingerprint density at radius 2 is 2.05 bits per heavy atom. The predicted molar refractivity (Wildman–Crippen MR) is 82.3 cm³/mol. The molecule has 0 spiro atoms. The molecule has 0 radical (unpaired) electrons. The molecule has 110 valence electrons. The third-order valence-corrected chi connectivity index (χ3v) is 6.19. The van der Waals surface area contributed by atoms with Gasteiger partial charge in [-0.25, -0.2) is 0 Å². The average Bonchev–Trinajstić information content (AvgIpc) is 3.09. The second-order valence-corrected chi connectivity index (χ2v) is 6.99. The SMILES string of the molecule is CCC(O)(Cc1ccccc1)C1(CN)CC2CCC1C2. The standard InChI is InChI=1S/C18H27NO/c1-2-18(20,12-14-6-4-3-5-7-14)17(13-19)11-15-8-9-16(17)10-15/h3-7,15-16,20H,2,8-13,19H2,1H3. The third-order valence-electron chi connectivity index (χ3n) is 6.19. The van der Waals surface area contributed by atoms with Gasteiger partial charge in [-0.1, -0.05) is 43.7 Å². The summed E-state index contributed by atoms with van der Waals surface area (Å²) in [5, 5.41) is 11.5. The van der Waals surface area contributed by atoms with Gasteiger partial charge in [-0.15, -0.1) is 0 Å². The van der Waals surface area contributed by atoms with Gasteiger partial charge < -0.3 is 10.8 Å². The van der Waals surface area contributed by atoms with Gasteiger partial charge in [-0.05, 0) is 43.1 Å². The van der Waals surface area contributed by atoms with E-state index in [1.165, 1.54) is 24.8 Å². The van der Waals surface area contributed by atoms with E-state index >= 15 is 0 Å². The maximum Gasteiger partial charge on any atom is 0.0756 e. The lowest BCUT2D eigenvalue weighted by Crippen LogP contribution is -2.56. The lowest BCUT2D eigenvalue weighted by molar-refractivity contribution is -0.112. The highest BCUT2D eigenvalue weighted by Crippen LogP contribution is 2.61. The van der Waals surface area contributed by atoms with E-state index < -0.39 is 5.60 Å². The number of hydrogen-bond acceptors (Lipinski definition) is 2. The zero-order chi connectivity index (χ0) is 14.2. The fraction of sp³-hybridized carbons (Fsp3) is 0.667. The number of nitrogens with two attached hydrogens (primary N) is 1. The van der Waals surface area contributed by atoms with Crippen molar-refractivity contribution in [1.82, 2.24) is 0 Å². The van der Waals surface area contributed by atoms with E-state index in [4.69, 9.17) is 5.73 Å². The monoisotopic (exact) mass is 273 g/mol. The minimum atomic E-state index is -0.650. The second-order valence-electron chi connectivity index (χ2n) is 6.99. The summed E-state index contributed by atoms with van der Waals surface area (Å²) in [4.78, 5) is 0. The van der Waals surface area contributed by atoms with Gasteiger partial charge in [0.15, 0.2) is 0 Å². The lowest BCUT2D eigenvalue weighted by Gasteiger charge is -2.50. The fourth-order valence-electron chi connectivity index (χ4n) is 5.04. The van der Waals surface area contributed by atoms with Crippen LogP contribution in [0.4, 0.5) is 0 Å². The predicted octanol–water partition coefficient (Wildman–Crippen LogP) is 3.14. The van der Waals surface area contributed by atoms with Gasteiger partial charge in [0.1, 0.15) is 0 Å². The van der Waals surface area contributed by atoms with Crippen molar-refractivity contribution in [2.45, 2.75) is 51.0 Å². The number of fused-ring (bicyclic) bond motifs is 2. The number of aliphatic hydroxyl groups is 1. The summed E-state index contributed by atoms with van der Waals surface area (Å²) < 4.78 is 0. The number of benzene rings is 1. The molecule has 1 aromatic carbocycles. The first-order valence-corrected chi connectivity index (χ1v) is 8.10. The van der Waals surface area contributed by atoms with Gasteiger partial charge in [0.2, 0.25) is 0 Å². The number of rotatable bonds is 5. The van der Waals surface area contributed by atoms with Gasteiger partial charge in [-0.3, -0.25) is 0 Å². The Morgan fingerprint density at radius 1 is 1.30 bits per heavy atom. The highest BCUT2D eigenvalue weighted by Gasteiger charge is 2.59. The van der Waals surface area contributed by atoms with Crippen LogP contribution in [-0.4, -0.2) is 17.3 Å². The molecule has 0 saturated heterocycles. The second kappa shape index (κ2) is 5.16. The topological polar surface area (TPSA) is 46.2 Å². The molecule has 0 heterocycles. The van der Waals surface area contributed by atoms with Crippen LogP contribution in [0, 0.1) is 17.3 Å². The van der Waals surface area contributed by atoms with Crippen LogP contribution in [0.1, 0.15) is 44.6 Å². The Balaban J connectivity index is 1.91. The minimum Gasteiger partial charge on any atom is -0.389 e. The molecular weight excluding hydrogens is 246 g/mol. The first-order valence-electron chi connectivity index (χ1n) is 8.10. The van der Waals surface area contributed by atoms with Gasteiger partial charge in [0, 0.05) is 18.4 Å². The Morgan fingerprint density at radius 3 is 2.55 bits per heavy atom. The molecule has 2 saturated carbocycles. The zero-order valence-corrected chi connectivity index (χ0v) is 12.5. The summed E-state index contributed by atoms with van der Waals surface area (Å²) in [6.07, 6.45) is 6.56. The first-order chi connectivity index (χ1) is 9.63. The summed E-state index contributed by atoms with van der Waals surface area (Å²) in [6.45, 7) is 2.75. The normalized spacial score (nSPS) is 35.1. The Labute approximate surface area is 122 Å². The summed E-state index contributed by atoms with van der Waals surface area (Å²) in [5.74, 6) is 1.43. The van der Waals surface area contributed by atoms with E-state index in [0.29, 0.717) is 12.5 Å². The van der Waals surface area contributed by atoms with Crippen molar-refractivity contribution in [3.05, 3.63) is 35.9 Å². The molecule has 2 heteroatoms. The zero-order valence-electron chi connectivity index (χ0n) is 12.5. The molecule has 2 nitrogen and oxygen atoms in total. The van der Waals surface area contributed by atoms with E-state index in [2.05, 4.69) is 31.2 Å². The smallest absolute Gasteiger partial charge is 0.0756 e. The van der Waals surface area contributed by atoms with Crippen LogP contribution in [-0.2, 0) is 6.42 Å². The maximum atomic E-state index is 11.5. The van der Waals surface area contributed by atoms with Crippen LogP contribution in [0.15, 0.2) is 30.3 Å². The molecule has 4 unspecified atom stereocenters. The molecule has 20 heavy (non-hydrogen) atoms. The molecule has 3 N–H and O–H groups in total. The summed E-state index contributed by atoms with van der Waals surface area (Å²) in [7, 11) is 0. The van der Waals surface area contributed by atoms with E-state index in [1.807, 2.05) is 6.07 Å². The van der Waals surface area contributed by atoms with Crippen LogP contribution in [0.3, 0.4) is 0 Å². The first kappa shape index (κ1) is 14.1. The molecule has 2 aliphatic carbocycles. The lowest BCUT2D eigenvalue weighted by atomic mass is 9.59. The van der Waals surface area contributed by atoms with Crippen molar-refractivity contribution in [2.75, 3.05) is 6.54 Å². The summed E-state index contributed by atoms with van der Waals surface area (Å²) >= 11 is 0. The van der Waals surface area contributed by atoms with Gasteiger partial charge in [0.05, 0.1) is 5.60 Å². The van der Waals surface area contributed by atoms with Crippen molar-refractivity contribution in [1.29, 1.82) is 0 Å². The molecule has 0 aromatic heterocycles. The van der Waals surface area contributed by atoms with Crippen molar-refractivity contribution in [3.8, 4) is 0 Å². The summed E-state index contributed by atoms with van der Waals surface area (Å²) in [5.41, 5.74) is 6.73. The van der Waals surface area contributed by atoms with Crippen LogP contribution in [0.2, 0.25) is 0 Å². The molecule has 4 atom stereocenters. The Hall–Kier alpha value is -0.860. The average molecular weight is 273 g/mol. The molecule has 1 aromatic rings. The Bertz CT molecular complexity index is 460. The largest absolute Gasteiger partial charge is 0.389 e. The van der Waals surface area contributed by atoms with Gasteiger partial charge >= 0.3 is 0 Å². The van der Waals surface area contributed by atoms with Crippen LogP contribution < -0.4 is 5.73 Å². The minimum absolute atomic E-state index is 0.0551. The molecule has 2 aliphatic rings. The van der Waals surface area contributed by atoms with E-state index in [-0.39, 0.29) is 5.41 Å². The molecule has 2 bridgehead atoms. The molecular formula is C18H27NO. The fourth-order valence-corrected chi connectivity index (χ4v) is 5.04. The van der Waals surface area contributed by atoms with Gasteiger partial charge in [-0.2, -0.15) is 0 Å². The molecule has 0 aliphatic heterocycles. The van der Waals surface area contributed by atoms with E-state index in [1.54, 1.807) is 0 Å². The number of hydrogen-bond donors (Lipinski definition) is 2. The Kier molecular flexibility index (Phi) is 3.64. The highest BCUT2D eigenvalue weighted by atomic mass is 16.3. The van der Waals surface area contributed by atoms with E-state index in [0.717, 1.165) is 25.2 Å². The van der Waals surface area contributed by atoms with Crippen LogP contribution in [0.25, 0.3) is 0 Å². The van der Waals surface area contributed by atoms with Crippen molar-refractivity contribution >= 4 is 0 Å². The van der Waals surface area contributed by atoms with Crippen molar-refractivity contribution < 1.29 is 5.11 Å². The summed E-state index contributed by atoms with van der Waals surface area (Å²) in [6, 6.07) is 10.4. The van der Waals surface area contributed by atoms with Crippen molar-refractivity contribution in [2.24, 2.45) is 23.0 Å². The van der Waals surface area contributed by atoms with Crippen LogP contribution in [0.5, 0.6) is 0 Å². The van der Waals surface area contributed by atoms with E-state index in [9.17, 15) is 5.11 Å². The quantitative estimate of drug-likeness (QED) is 0.866. The van der Waals surface area contributed by atoms with Gasteiger partial charge in [0.25, 0.3) is 0 Å². The molecule has 0 amide bonds. The van der Waals surface area contributed by atoms with Crippen molar-refractivity contribution in [3.63, 3.8) is 0 Å². The third kappa shape index (κ3) is 2.01. The highest BCUT2D eigenvalue weighted by molar-refractivity contribution is 5.21.